The Bertz CT molecular complexity index is 923. The van der Waals surface area contributed by atoms with Gasteiger partial charge in [-0.15, -0.1) is 0 Å². The molecule has 1 amide bonds. The second-order valence-electron chi connectivity index (χ2n) is 7.04. The first-order valence-corrected chi connectivity index (χ1v) is 11.1. The Morgan fingerprint density at radius 2 is 1.81 bits per heavy atom. The van der Waals surface area contributed by atoms with Gasteiger partial charge in [0.1, 0.15) is 6.04 Å². The van der Waals surface area contributed by atoms with Crippen LogP contribution in [0.3, 0.4) is 0 Å². The average Bonchev–Trinajstić information content (AvgIpc) is 2.65. The number of aryl methyl sites for hydroxylation is 2. The smallest absolute Gasteiger partial charge is 0.250 e. The van der Waals surface area contributed by atoms with Gasteiger partial charge in [-0.3, -0.25) is 9.10 Å². The molecule has 1 heterocycles. The Balaban J connectivity index is 2.01. The van der Waals surface area contributed by atoms with Gasteiger partial charge in [0.2, 0.25) is 10.0 Å². The van der Waals surface area contributed by atoms with Crippen molar-refractivity contribution in [2.24, 2.45) is 0 Å². The van der Waals surface area contributed by atoms with E-state index in [-0.39, 0.29) is 5.91 Å². The van der Waals surface area contributed by atoms with Gasteiger partial charge in [-0.1, -0.05) is 42.8 Å². The highest BCUT2D eigenvalue weighted by Crippen LogP contribution is 2.30. The van der Waals surface area contributed by atoms with E-state index in [2.05, 4.69) is 0 Å². The van der Waals surface area contributed by atoms with Crippen LogP contribution in [-0.2, 0) is 21.2 Å². The summed E-state index contributed by atoms with van der Waals surface area (Å²) < 4.78 is 26.5. The van der Waals surface area contributed by atoms with Crippen LogP contribution in [0.25, 0.3) is 0 Å². The lowest BCUT2D eigenvalue weighted by molar-refractivity contribution is -0.119. The van der Waals surface area contributed by atoms with Crippen molar-refractivity contribution in [1.82, 2.24) is 0 Å². The molecule has 0 aliphatic carbocycles. The number of carbonyl (C=O) groups excluding carboxylic acids is 1. The van der Waals surface area contributed by atoms with Crippen LogP contribution in [-0.4, -0.2) is 33.2 Å². The molecule has 6 heteroatoms. The molecule has 0 unspecified atom stereocenters. The van der Waals surface area contributed by atoms with Crippen LogP contribution in [0.5, 0.6) is 0 Å². The van der Waals surface area contributed by atoms with Gasteiger partial charge in [0, 0.05) is 12.2 Å². The maximum atomic E-state index is 13.4. The summed E-state index contributed by atoms with van der Waals surface area (Å²) in [6.07, 6.45) is 3.37. The molecule has 1 aliphatic heterocycles. The molecule has 3 rings (SSSR count). The Kier molecular flexibility index (Phi) is 5.56. The summed E-state index contributed by atoms with van der Waals surface area (Å²) in [6, 6.07) is 14.3. The number of sulfonamides is 1. The van der Waals surface area contributed by atoms with E-state index in [4.69, 9.17) is 0 Å². The topological polar surface area (TPSA) is 57.7 Å². The van der Waals surface area contributed by atoms with Crippen molar-refractivity contribution in [2.45, 2.75) is 39.2 Å². The van der Waals surface area contributed by atoms with Gasteiger partial charge in [-0.25, -0.2) is 8.42 Å². The third-order valence-electron chi connectivity index (χ3n) is 4.98. The van der Waals surface area contributed by atoms with Crippen molar-refractivity contribution in [3.63, 3.8) is 0 Å². The standard InChI is InChI=1S/C21H26N2O3S/c1-4-19(23(27(3,25)26)18-13-11-16(2)12-14-18)21(24)22-15-7-9-17-8-5-6-10-20(17)22/h5-6,8,10-14,19H,4,7,9,15H2,1-3H3/t19-/m1/s1. The van der Waals surface area contributed by atoms with E-state index in [1.54, 1.807) is 17.0 Å². The third kappa shape index (κ3) is 4.00. The van der Waals surface area contributed by atoms with E-state index >= 15 is 0 Å². The Hall–Kier alpha value is -2.34. The summed E-state index contributed by atoms with van der Waals surface area (Å²) in [7, 11) is -3.62. The quantitative estimate of drug-likeness (QED) is 0.790. The van der Waals surface area contributed by atoms with E-state index in [9.17, 15) is 13.2 Å². The first-order chi connectivity index (χ1) is 12.8. The average molecular weight is 387 g/mol. The van der Waals surface area contributed by atoms with Crippen molar-refractivity contribution < 1.29 is 13.2 Å². The molecule has 5 nitrogen and oxygen atoms in total. The van der Waals surface area contributed by atoms with Crippen LogP contribution < -0.4 is 9.21 Å². The van der Waals surface area contributed by atoms with E-state index in [0.717, 1.165) is 35.9 Å². The second kappa shape index (κ2) is 7.72. The van der Waals surface area contributed by atoms with E-state index in [1.807, 2.05) is 50.2 Å². The zero-order valence-corrected chi connectivity index (χ0v) is 16.9. The van der Waals surface area contributed by atoms with Gasteiger partial charge >= 0.3 is 0 Å². The predicted molar refractivity (Wildman–Crippen MR) is 110 cm³/mol. The normalized spacial score (nSPS) is 15.1. The number of rotatable bonds is 5. The lowest BCUT2D eigenvalue weighted by Crippen LogP contribution is -2.52. The number of hydrogen-bond donors (Lipinski definition) is 0. The van der Waals surface area contributed by atoms with Gasteiger partial charge in [0.05, 0.1) is 11.9 Å². The molecule has 27 heavy (non-hydrogen) atoms. The van der Waals surface area contributed by atoms with Gasteiger partial charge in [-0.2, -0.15) is 0 Å². The number of nitrogens with zero attached hydrogens (tertiary/aromatic N) is 2. The molecule has 0 radical (unpaired) electrons. The summed E-state index contributed by atoms with van der Waals surface area (Å²) in [6.45, 7) is 4.41. The van der Waals surface area contributed by atoms with Gasteiger partial charge in [-0.05, 0) is 49.9 Å². The fourth-order valence-electron chi connectivity index (χ4n) is 3.68. The first kappa shape index (κ1) is 19.4. The number of amides is 1. The Morgan fingerprint density at radius 1 is 1.15 bits per heavy atom. The highest BCUT2D eigenvalue weighted by molar-refractivity contribution is 7.92. The fourth-order valence-corrected chi connectivity index (χ4v) is 4.88. The Morgan fingerprint density at radius 3 is 2.44 bits per heavy atom. The zero-order valence-electron chi connectivity index (χ0n) is 16.1. The minimum atomic E-state index is -3.62. The van der Waals surface area contributed by atoms with Crippen molar-refractivity contribution in [3.05, 3.63) is 59.7 Å². The Labute approximate surface area is 161 Å². The summed E-state index contributed by atoms with van der Waals surface area (Å²) >= 11 is 0. The largest absolute Gasteiger partial charge is 0.310 e. The van der Waals surface area contributed by atoms with Crippen molar-refractivity contribution in [1.29, 1.82) is 0 Å². The molecule has 0 saturated carbocycles. The summed E-state index contributed by atoms with van der Waals surface area (Å²) in [5.74, 6) is -0.171. The SMILES string of the molecule is CC[C@H](C(=O)N1CCCc2ccccc21)N(c1ccc(C)cc1)S(C)(=O)=O. The number of para-hydroxylation sites is 1. The molecule has 1 atom stereocenters. The van der Waals surface area contributed by atoms with Crippen LogP contribution in [0.2, 0.25) is 0 Å². The van der Waals surface area contributed by atoms with Gasteiger partial charge in [0.25, 0.3) is 5.91 Å². The molecule has 2 aromatic rings. The first-order valence-electron chi connectivity index (χ1n) is 9.28. The maximum Gasteiger partial charge on any atom is 0.250 e. The molecular formula is C21H26N2O3S. The summed E-state index contributed by atoms with van der Waals surface area (Å²) in [5.41, 5.74) is 3.59. The van der Waals surface area contributed by atoms with Crippen molar-refractivity contribution in [2.75, 3.05) is 22.0 Å². The molecule has 0 N–H and O–H groups in total. The van der Waals surface area contributed by atoms with Crippen LogP contribution in [0.1, 0.15) is 30.9 Å². The molecule has 144 valence electrons. The predicted octanol–water partition coefficient (Wildman–Crippen LogP) is 3.52. The molecule has 0 bridgehead atoms. The zero-order chi connectivity index (χ0) is 19.6. The minimum Gasteiger partial charge on any atom is -0.310 e. The maximum absolute atomic E-state index is 13.4. The second-order valence-corrected chi connectivity index (χ2v) is 8.90. The van der Waals surface area contributed by atoms with Crippen LogP contribution >= 0.6 is 0 Å². The highest BCUT2D eigenvalue weighted by atomic mass is 32.2. The number of anilines is 2. The van der Waals surface area contributed by atoms with Crippen molar-refractivity contribution >= 4 is 27.3 Å². The van der Waals surface area contributed by atoms with E-state index in [1.165, 1.54) is 4.31 Å². The number of hydrogen-bond acceptors (Lipinski definition) is 3. The summed E-state index contributed by atoms with van der Waals surface area (Å²) in [4.78, 5) is 15.2. The lowest BCUT2D eigenvalue weighted by atomic mass is 10.0. The monoisotopic (exact) mass is 386 g/mol. The fraction of sp³-hybridized carbons (Fsp3) is 0.381. The van der Waals surface area contributed by atoms with Crippen LogP contribution in [0.4, 0.5) is 11.4 Å². The molecule has 0 saturated heterocycles. The van der Waals surface area contributed by atoms with Gasteiger partial charge in [0.15, 0.2) is 0 Å². The lowest BCUT2D eigenvalue weighted by Gasteiger charge is -2.36. The molecule has 0 fully saturated rings. The summed E-state index contributed by atoms with van der Waals surface area (Å²) in [5, 5.41) is 0. The molecular weight excluding hydrogens is 360 g/mol. The third-order valence-corrected chi connectivity index (χ3v) is 6.16. The number of fused-ring (bicyclic) bond motifs is 1. The van der Waals surface area contributed by atoms with E-state index in [0.29, 0.717) is 18.7 Å². The molecule has 0 spiro atoms. The van der Waals surface area contributed by atoms with Crippen LogP contribution in [0, 0.1) is 6.92 Å². The molecule has 2 aromatic carbocycles. The minimum absolute atomic E-state index is 0.171. The number of benzene rings is 2. The highest BCUT2D eigenvalue weighted by Gasteiger charge is 2.35. The molecule has 1 aliphatic rings. The van der Waals surface area contributed by atoms with Crippen LogP contribution in [0.15, 0.2) is 48.5 Å². The molecule has 0 aromatic heterocycles. The van der Waals surface area contributed by atoms with E-state index < -0.39 is 16.1 Å². The van der Waals surface area contributed by atoms with Crippen molar-refractivity contribution in [3.8, 4) is 0 Å². The number of carbonyl (C=O) groups is 1. The van der Waals surface area contributed by atoms with Gasteiger partial charge < -0.3 is 4.90 Å².